The van der Waals surface area contributed by atoms with Crippen molar-refractivity contribution in [2.24, 2.45) is 11.1 Å². The zero-order chi connectivity index (χ0) is 13.2. The number of hydrogen-bond donors (Lipinski definition) is 2. The van der Waals surface area contributed by atoms with Crippen molar-refractivity contribution in [3.8, 4) is 0 Å². The molecule has 0 spiro atoms. The van der Waals surface area contributed by atoms with Crippen LogP contribution in [0.1, 0.15) is 30.9 Å². The minimum absolute atomic E-state index is 0.0796. The molecule has 3 heteroatoms. The smallest absolute Gasteiger partial charge is 0.0966 e. The van der Waals surface area contributed by atoms with E-state index in [1.54, 1.807) is 0 Å². The van der Waals surface area contributed by atoms with Gasteiger partial charge in [-0.3, -0.25) is 10.3 Å². The monoisotopic (exact) mass is 245 g/mol. The van der Waals surface area contributed by atoms with Crippen LogP contribution in [0.25, 0.3) is 0 Å². The van der Waals surface area contributed by atoms with Gasteiger partial charge in [0, 0.05) is 12.0 Å². The molecule has 0 atom stereocenters. The van der Waals surface area contributed by atoms with Gasteiger partial charge in [-0.25, -0.2) is 0 Å². The van der Waals surface area contributed by atoms with E-state index in [0.717, 1.165) is 32.5 Å². The van der Waals surface area contributed by atoms with Crippen molar-refractivity contribution in [2.75, 3.05) is 13.1 Å². The van der Waals surface area contributed by atoms with Gasteiger partial charge < -0.3 is 5.73 Å². The Morgan fingerprint density at radius 2 is 1.83 bits per heavy atom. The van der Waals surface area contributed by atoms with Crippen molar-refractivity contribution in [2.45, 2.75) is 33.2 Å². The molecule has 3 nitrogen and oxygen atoms in total. The number of aryl methyl sites for hydroxylation is 1. The molecular formula is C15H23N3. The summed E-state index contributed by atoms with van der Waals surface area (Å²) in [6.45, 7) is 7.30. The summed E-state index contributed by atoms with van der Waals surface area (Å²) in [5.41, 5.74) is 8.28. The van der Waals surface area contributed by atoms with Crippen molar-refractivity contribution < 1.29 is 0 Å². The molecule has 3 N–H and O–H groups in total. The Bertz CT molecular complexity index is 414. The fraction of sp³-hybridized carbons (Fsp3) is 0.533. The van der Waals surface area contributed by atoms with Crippen molar-refractivity contribution in [3.63, 3.8) is 0 Å². The third-order valence-electron chi connectivity index (χ3n) is 4.14. The molecule has 1 aromatic carbocycles. The third-order valence-corrected chi connectivity index (χ3v) is 4.14. The molecule has 0 aromatic heterocycles. The number of benzene rings is 1. The minimum atomic E-state index is -0.0796. The van der Waals surface area contributed by atoms with Crippen LogP contribution in [-0.4, -0.2) is 23.8 Å². The summed E-state index contributed by atoms with van der Waals surface area (Å²) in [6, 6.07) is 8.74. The Hall–Kier alpha value is -1.35. The highest BCUT2D eigenvalue weighted by atomic mass is 15.1. The van der Waals surface area contributed by atoms with Crippen LogP contribution >= 0.6 is 0 Å². The van der Waals surface area contributed by atoms with Gasteiger partial charge in [0.05, 0.1) is 5.84 Å². The van der Waals surface area contributed by atoms with Crippen LogP contribution in [0.3, 0.4) is 0 Å². The van der Waals surface area contributed by atoms with E-state index in [0.29, 0.717) is 5.84 Å². The molecule has 0 unspecified atom stereocenters. The molecule has 1 aliphatic heterocycles. The van der Waals surface area contributed by atoms with Crippen LogP contribution in [0.5, 0.6) is 0 Å². The van der Waals surface area contributed by atoms with Crippen molar-refractivity contribution in [3.05, 3.63) is 35.4 Å². The second-order valence-corrected chi connectivity index (χ2v) is 5.74. The fourth-order valence-electron chi connectivity index (χ4n) is 2.43. The second-order valence-electron chi connectivity index (χ2n) is 5.74. The van der Waals surface area contributed by atoms with Crippen molar-refractivity contribution in [1.29, 1.82) is 5.41 Å². The van der Waals surface area contributed by atoms with Crippen molar-refractivity contribution in [1.82, 2.24) is 4.90 Å². The molecule has 0 aliphatic carbocycles. The van der Waals surface area contributed by atoms with Gasteiger partial charge in [-0.15, -0.1) is 0 Å². The first-order valence-corrected chi connectivity index (χ1v) is 6.62. The highest BCUT2D eigenvalue weighted by Crippen LogP contribution is 2.31. The van der Waals surface area contributed by atoms with E-state index in [1.165, 1.54) is 11.1 Å². The summed E-state index contributed by atoms with van der Waals surface area (Å²) in [7, 11) is 0. The summed E-state index contributed by atoms with van der Waals surface area (Å²) in [5, 5.41) is 7.66. The van der Waals surface area contributed by atoms with Gasteiger partial charge in [0.1, 0.15) is 0 Å². The van der Waals surface area contributed by atoms with Crippen LogP contribution in [0.15, 0.2) is 24.3 Å². The van der Waals surface area contributed by atoms with Gasteiger partial charge >= 0.3 is 0 Å². The molecule has 0 bridgehead atoms. The summed E-state index contributed by atoms with van der Waals surface area (Å²) in [5.74, 6) is 0.345. The lowest BCUT2D eigenvalue weighted by atomic mass is 9.79. The Labute approximate surface area is 109 Å². The number of hydrogen-bond acceptors (Lipinski definition) is 2. The summed E-state index contributed by atoms with van der Waals surface area (Å²) in [6.07, 6.45) is 1.99. The van der Waals surface area contributed by atoms with E-state index in [4.69, 9.17) is 11.1 Å². The van der Waals surface area contributed by atoms with Gasteiger partial charge in [-0.05, 0) is 38.4 Å². The molecule has 1 saturated heterocycles. The SMILES string of the molecule is Cc1ccc(CN2CCC(C)(C(=N)N)CC2)cc1. The first-order valence-electron chi connectivity index (χ1n) is 6.62. The van der Waals surface area contributed by atoms with E-state index in [1.807, 2.05) is 0 Å². The molecule has 18 heavy (non-hydrogen) atoms. The Balaban J connectivity index is 1.91. The van der Waals surface area contributed by atoms with E-state index in [2.05, 4.69) is 43.0 Å². The number of nitrogens with one attached hydrogen (secondary N) is 1. The first kappa shape index (κ1) is 13.1. The van der Waals surface area contributed by atoms with Crippen LogP contribution < -0.4 is 5.73 Å². The number of likely N-dealkylation sites (tertiary alicyclic amines) is 1. The van der Waals surface area contributed by atoms with Crippen LogP contribution in [0.4, 0.5) is 0 Å². The van der Waals surface area contributed by atoms with Gasteiger partial charge in [0.15, 0.2) is 0 Å². The van der Waals surface area contributed by atoms with E-state index in [-0.39, 0.29) is 5.41 Å². The van der Waals surface area contributed by atoms with E-state index in [9.17, 15) is 0 Å². The maximum absolute atomic E-state index is 7.66. The molecule has 98 valence electrons. The predicted molar refractivity (Wildman–Crippen MR) is 75.7 cm³/mol. The molecule has 1 fully saturated rings. The van der Waals surface area contributed by atoms with Crippen LogP contribution in [-0.2, 0) is 6.54 Å². The number of amidine groups is 1. The molecule has 1 aromatic rings. The lowest BCUT2D eigenvalue weighted by molar-refractivity contribution is 0.156. The maximum Gasteiger partial charge on any atom is 0.0966 e. The minimum Gasteiger partial charge on any atom is -0.387 e. The maximum atomic E-state index is 7.66. The Morgan fingerprint density at radius 3 is 2.33 bits per heavy atom. The predicted octanol–water partition coefficient (Wildman–Crippen LogP) is 2.53. The molecule has 1 aliphatic rings. The summed E-state index contributed by atoms with van der Waals surface area (Å²) < 4.78 is 0. The lowest BCUT2D eigenvalue weighted by Crippen LogP contribution is -2.44. The first-order chi connectivity index (χ1) is 8.49. The highest BCUT2D eigenvalue weighted by Gasteiger charge is 2.32. The standard InChI is InChI=1S/C15H23N3/c1-12-3-5-13(6-4-12)11-18-9-7-15(2,8-10-18)14(16)17/h3-6H,7-11H2,1-2H3,(H3,16,17). The second kappa shape index (κ2) is 5.11. The fourth-order valence-corrected chi connectivity index (χ4v) is 2.43. The molecule has 0 radical (unpaired) electrons. The van der Waals surface area contributed by atoms with Crippen LogP contribution in [0, 0.1) is 17.7 Å². The lowest BCUT2D eigenvalue weighted by Gasteiger charge is -2.38. The molecule has 2 rings (SSSR count). The zero-order valence-electron chi connectivity index (χ0n) is 11.4. The van der Waals surface area contributed by atoms with Gasteiger partial charge in [-0.2, -0.15) is 0 Å². The number of nitrogens with two attached hydrogens (primary N) is 1. The van der Waals surface area contributed by atoms with Crippen molar-refractivity contribution >= 4 is 5.84 Å². The van der Waals surface area contributed by atoms with Gasteiger partial charge in [-0.1, -0.05) is 36.8 Å². The summed E-state index contributed by atoms with van der Waals surface area (Å²) in [4.78, 5) is 2.45. The zero-order valence-corrected chi connectivity index (χ0v) is 11.4. The number of nitrogens with zero attached hydrogens (tertiary/aromatic N) is 1. The Kier molecular flexibility index (Phi) is 3.71. The van der Waals surface area contributed by atoms with Gasteiger partial charge in [0.2, 0.25) is 0 Å². The number of piperidine rings is 1. The average Bonchev–Trinajstić information content (AvgIpc) is 2.35. The molecule has 0 amide bonds. The largest absolute Gasteiger partial charge is 0.387 e. The summed E-state index contributed by atoms with van der Waals surface area (Å²) >= 11 is 0. The molecule has 1 heterocycles. The van der Waals surface area contributed by atoms with E-state index >= 15 is 0 Å². The average molecular weight is 245 g/mol. The molecule has 0 saturated carbocycles. The number of rotatable bonds is 3. The third kappa shape index (κ3) is 2.91. The quantitative estimate of drug-likeness (QED) is 0.635. The van der Waals surface area contributed by atoms with E-state index < -0.39 is 0 Å². The van der Waals surface area contributed by atoms with Gasteiger partial charge in [0.25, 0.3) is 0 Å². The normalized spacial score (nSPS) is 19.7. The Morgan fingerprint density at radius 1 is 1.28 bits per heavy atom. The van der Waals surface area contributed by atoms with Crippen LogP contribution in [0.2, 0.25) is 0 Å². The molecular weight excluding hydrogens is 222 g/mol. The highest BCUT2D eigenvalue weighted by molar-refractivity contribution is 5.83. The topological polar surface area (TPSA) is 53.1 Å².